The molecule has 0 spiro atoms. The van der Waals surface area contributed by atoms with E-state index in [0.29, 0.717) is 16.2 Å². The van der Waals surface area contributed by atoms with Crippen LogP contribution >= 0.6 is 11.6 Å². The van der Waals surface area contributed by atoms with Crippen LogP contribution in [0.2, 0.25) is 5.02 Å². The van der Waals surface area contributed by atoms with E-state index in [2.05, 4.69) is 4.98 Å². The van der Waals surface area contributed by atoms with Gasteiger partial charge < -0.3 is 9.51 Å². The minimum atomic E-state index is -1.29. The number of aromatic nitrogens is 2. The third-order valence-electron chi connectivity index (χ3n) is 4.13. The van der Waals surface area contributed by atoms with Crippen LogP contribution in [-0.2, 0) is 0 Å². The zero-order valence-corrected chi connectivity index (χ0v) is 14.1. The number of rotatable bonds is 3. The van der Waals surface area contributed by atoms with Crippen molar-refractivity contribution in [2.24, 2.45) is 0 Å². The van der Waals surface area contributed by atoms with E-state index in [0.717, 1.165) is 11.3 Å². The highest BCUT2D eigenvalue weighted by Crippen LogP contribution is 2.27. The molecule has 6 heteroatoms. The third kappa shape index (κ3) is 2.82. The number of imidazole rings is 1. The SMILES string of the molecule is O=C(O)c1cccc(-c2ccc3nc(-c4ccc(Cl)cc4)cn3c2)c1F. The van der Waals surface area contributed by atoms with Gasteiger partial charge in [-0.25, -0.2) is 14.2 Å². The number of hydrogen-bond donors (Lipinski definition) is 1. The topological polar surface area (TPSA) is 54.6 Å². The molecule has 2 aromatic heterocycles. The molecule has 0 radical (unpaired) electrons. The number of aromatic carboxylic acids is 1. The average molecular weight is 367 g/mol. The lowest BCUT2D eigenvalue weighted by molar-refractivity contribution is 0.0692. The standard InChI is InChI=1S/C20H12ClFN2O2/c21-14-7-4-12(5-8-14)17-11-24-10-13(6-9-18(24)23-17)15-2-1-3-16(19(15)22)20(25)26/h1-11H,(H,25,26). The van der Waals surface area contributed by atoms with Gasteiger partial charge in [-0.05, 0) is 30.3 Å². The molecule has 0 atom stereocenters. The van der Waals surface area contributed by atoms with Crippen molar-refractivity contribution in [1.29, 1.82) is 0 Å². The number of benzene rings is 2. The summed E-state index contributed by atoms with van der Waals surface area (Å²) in [5.74, 6) is -2.05. The van der Waals surface area contributed by atoms with Crippen LogP contribution in [-0.4, -0.2) is 20.5 Å². The highest BCUT2D eigenvalue weighted by atomic mass is 35.5. The number of pyridine rings is 1. The van der Waals surface area contributed by atoms with E-state index in [4.69, 9.17) is 16.7 Å². The van der Waals surface area contributed by atoms with E-state index < -0.39 is 11.8 Å². The van der Waals surface area contributed by atoms with E-state index >= 15 is 0 Å². The Morgan fingerprint density at radius 2 is 1.73 bits per heavy atom. The molecule has 0 saturated carbocycles. The van der Waals surface area contributed by atoms with Gasteiger partial charge in [0.15, 0.2) is 0 Å². The third-order valence-corrected chi connectivity index (χ3v) is 4.38. The van der Waals surface area contributed by atoms with Crippen LogP contribution in [0.25, 0.3) is 28.0 Å². The van der Waals surface area contributed by atoms with Crippen LogP contribution in [0.5, 0.6) is 0 Å². The summed E-state index contributed by atoms with van der Waals surface area (Å²) in [4.78, 5) is 15.7. The van der Waals surface area contributed by atoms with Gasteiger partial charge in [-0.1, -0.05) is 35.9 Å². The van der Waals surface area contributed by atoms with Crippen molar-refractivity contribution in [1.82, 2.24) is 9.38 Å². The number of halogens is 2. The van der Waals surface area contributed by atoms with Gasteiger partial charge in [0, 0.05) is 34.1 Å². The van der Waals surface area contributed by atoms with Crippen LogP contribution in [0.3, 0.4) is 0 Å². The molecule has 0 fully saturated rings. The van der Waals surface area contributed by atoms with Crippen molar-refractivity contribution in [3.63, 3.8) is 0 Å². The van der Waals surface area contributed by atoms with E-state index in [1.165, 1.54) is 12.1 Å². The lowest BCUT2D eigenvalue weighted by atomic mass is 10.0. The van der Waals surface area contributed by atoms with Crippen molar-refractivity contribution in [3.8, 4) is 22.4 Å². The maximum absolute atomic E-state index is 14.5. The first kappa shape index (κ1) is 16.3. The van der Waals surface area contributed by atoms with Gasteiger partial charge in [0.2, 0.25) is 0 Å². The number of carboxylic acid groups (broad SMARTS) is 1. The highest BCUT2D eigenvalue weighted by Gasteiger charge is 2.15. The van der Waals surface area contributed by atoms with E-state index in [9.17, 15) is 9.18 Å². The molecule has 0 aliphatic heterocycles. The Bertz CT molecular complexity index is 1140. The second-order valence-corrected chi connectivity index (χ2v) is 6.22. The first-order valence-electron chi connectivity index (χ1n) is 7.80. The summed E-state index contributed by atoms with van der Waals surface area (Å²) in [6.07, 6.45) is 3.56. The summed E-state index contributed by atoms with van der Waals surface area (Å²) in [6.45, 7) is 0. The zero-order chi connectivity index (χ0) is 18.3. The first-order chi connectivity index (χ1) is 12.5. The fourth-order valence-corrected chi connectivity index (χ4v) is 2.96. The molecule has 2 aromatic carbocycles. The zero-order valence-electron chi connectivity index (χ0n) is 13.4. The van der Waals surface area contributed by atoms with Gasteiger partial charge in [0.25, 0.3) is 0 Å². The molecule has 1 N–H and O–H groups in total. The Kier molecular flexibility index (Phi) is 3.93. The number of fused-ring (bicyclic) bond motifs is 1. The van der Waals surface area contributed by atoms with Crippen LogP contribution < -0.4 is 0 Å². The predicted octanol–water partition coefficient (Wildman–Crippen LogP) is 5.16. The summed E-state index contributed by atoms with van der Waals surface area (Å²) < 4.78 is 16.3. The molecule has 4 rings (SSSR count). The molecule has 0 unspecified atom stereocenters. The van der Waals surface area contributed by atoms with Crippen LogP contribution in [0.15, 0.2) is 67.0 Å². The Labute approximate surface area is 153 Å². The summed E-state index contributed by atoms with van der Waals surface area (Å²) in [5.41, 5.74) is 2.83. The fraction of sp³-hybridized carbons (Fsp3) is 0. The molecule has 0 saturated heterocycles. The monoisotopic (exact) mass is 366 g/mol. The Balaban J connectivity index is 1.80. The number of nitrogens with zero attached hydrogens (tertiary/aromatic N) is 2. The van der Waals surface area contributed by atoms with Crippen molar-refractivity contribution < 1.29 is 14.3 Å². The van der Waals surface area contributed by atoms with Crippen molar-refractivity contribution >= 4 is 23.2 Å². The van der Waals surface area contributed by atoms with Crippen molar-refractivity contribution in [2.75, 3.05) is 0 Å². The van der Waals surface area contributed by atoms with E-state index in [1.807, 2.05) is 18.3 Å². The van der Waals surface area contributed by atoms with Crippen LogP contribution in [0, 0.1) is 5.82 Å². The molecule has 26 heavy (non-hydrogen) atoms. The molecule has 4 aromatic rings. The molecule has 0 aliphatic rings. The smallest absolute Gasteiger partial charge is 0.338 e. The molecule has 0 bridgehead atoms. The molecular weight excluding hydrogens is 355 g/mol. The van der Waals surface area contributed by atoms with Crippen LogP contribution in [0.4, 0.5) is 4.39 Å². The number of carboxylic acids is 1. The van der Waals surface area contributed by atoms with Crippen LogP contribution in [0.1, 0.15) is 10.4 Å². The maximum atomic E-state index is 14.5. The lowest BCUT2D eigenvalue weighted by Crippen LogP contribution is -2.01. The number of hydrogen-bond acceptors (Lipinski definition) is 2. The second-order valence-electron chi connectivity index (χ2n) is 5.79. The van der Waals surface area contributed by atoms with Gasteiger partial charge in [-0.15, -0.1) is 0 Å². The van der Waals surface area contributed by atoms with Gasteiger partial charge in [0.1, 0.15) is 11.5 Å². The maximum Gasteiger partial charge on any atom is 0.338 e. The summed E-state index contributed by atoms with van der Waals surface area (Å²) in [5, 5.41) is 9.74. The van der Waals surface area contributed by atoms with E-state index in [1.54, 1.807) is 40.9 Å². The van der Waals surface area contributed by atoms with Crippen molar-refractivity contribution in [2.45, 2.75) is 0 Å². The fourth-order valence-electron chi connectivity index (χ4n) is 2.83. The van der Waals surface area contributed by atoms with Gasteiger partial charge in [0.05, 0.1) is 11.3 Å². The Hall–Kier alpha value is -3.18. The first-order valence-corrected chi connectivity index (χ1v) is 8.17. The number of carbonyl (C=O) groups is 1. The van der Waals surface area contributed by atoms with E-state index in [-0.39, 0.29) is 11.1 Å². The largest absolute Gasteiger partial charge is 0.478 e. The average Bonchev–Trinajstić information content (AvgIpc) is 3.05. The molecule has 4 nitrogen and oxygen atoms in total. The molecule has 0 aliphatic carbocycles. The lowest BCUT2D eigenvalue weighted by Gasteiger charge is -2.06. The normalized spacial score (nSPS) is 11.0. The Morgan fingerprint density at radius 3 is 2.46 bits per heavy atom. The molecular formula is C20H12ClFN2O2. The van der Waals surface area contributed by atoms with Crippen molar-refractivity contribution in [3.05, 3.63) is 83.4 Å². The predicted molar refractivity (Wildman–Crippen MR) is 98.0 cm³/mol. The Morgan fingerprint density at radius 1 is 1.00 bits per heavy atom. The highest BCUT2D eigenvalue weighted by molar-refractivity contribution is 6.30. The van der Waals surface area contributed by atoms with Gasteiger partial charge >= 0.3 is 5.97 Å². The molecule has 0 amide bonds. The summed E-state index contributed by atoms with van der Waals surface area (Å²) in [7, 11) is 0. The summed E-state index contributed by atoms with van der Waals surface area (Å²) in [6, 6.07) is 15.1. The summed E-state index contributed by atoms with van der Waals surface area (Å²) >= 11 is 5.91. The minimum Gasteiger partial charge on any atom is -0.478 e. The quantitative estimate of drug-likeness (QED) is 0.545. The minimum absolute atomic E-state index is 0.230. The molecule has 128 valence electrons. The second kappa shape index (κ2) is 6.28. The molecule has 2 heterocycles. The van der Waals surface area contributed by atoms with Gasteiger partial charge in [-0.2, -0.15) is 0 Å². The van der Waals surface area contributed by atoms with Gasteiger partial charge in [-0.3, -0.25) is 0 Å².